The number of anilines is 1. The number of carbonyl (C=O) groups excluding carboxylic acids is 1. The zero-order valence-corrected chi connectivity index (χ0v) is 11.5. The molecule has 0 aromatic carbocycles. The van der Waals surface area contributed by atoms with Crippen molar-refractivity contribution in [3.8, 4) is 0 Å². The van der Waals surface area contributed by atoms with Gasteiger partial charge in [0, 0.05) is 11.1 Å². The molecule has 1 unspecified atom stereocenters. The first-order valence-corrected chi connectivity index (χ1v) is 6.70. The Labute approximate surface area is 119 Å². The zero-order valence-electron chi connectivity index (χ0n) is 10.7. The Morgan fingerprint density at radius 3 is 2.80 bits per heavy atom. The minimum atomic E-state index is -1.11. The second kappa shape index (κ2) is 6.16. The van der Waals surface area contributed by atoms with Crippen LogP contribution in [0.4, 0.5) is 10.5 Å². The van der Waals surface area contributed by atoms with E-state index in [4.69, 9.17) is 5.11 Å². The minimum Gasteiger partial charge on any atom is -0.479 e. The van der Waals surface area contributed by atoms with Crippen LogP contribution in [0.2, 0.25) is 0 Å². The quantitative estimate of drug-likeness (QED) is 0.806. The average molecular weight is 291 g/mol. The Hall–Kier alpha value is -2.41. The number of carbonyl (C=O) groups is 2. The molecule has 0 saturated carbocycles. The van der Waals surface area contributed by atoms with E-state index >= 15 is 0 Å². The van der Waals surface area contributed by atoms with E-state index in [1.54, 1.807) is 29.8 Å². The van der Waals surface area contributed by atoms with Gasteiger partial charge in [-0.3, -0.25) is 4.98 Å². The van der Waals surface area contributed by atoms with Crippen LogP contribution in [0.3, 0.4) is 0 Å². The third-order valence-electron chi connectivity index (χ3n) is 2.64. The number of hydrogen-bond donors (Lipinski definition) is 3. The number of aryl methyl sites for hydroxylation is 1. The highest BCUT2D eigenvalue weighted by Crippen LogP contribution is 2.19. The van der Waals surface area contributed by atoms with Gasteiger partial charge in [-0.25, -0.2) is 9.59 Å². The lowest BCUT2D eigenvalue weighted by Gasteiger charge is -2.14. The van der Waals surface area contributed by atoms with Crippen molar-refractivity contribution in [2.75, 3.05) is 5.32 Å². The molecule has 6 nitrogen and oxygen atoms in total. The summed E-state index contributed by atoms with van der Waals surface area (Å²) in [5.74, 6) is -1.11. The maximum atomic E-state index is 11.9. The topological polar surface area (TPSA) is 91.3 Å². The van der Waals surface area contributed by atoms with Crippen LogP contribution < -0.4 is 10.6 Å². The van der Waals surface area contributed by atoms with Crippen molar-refractivity contribution in [1.29, 1.82) is 0 Å². The molecule has 20 heavy (non-hydrogen) atoms. The van der Waals surface area contributed by atoms with E-state index in [-0.39, 0.29) is 0 Å². The van der Waals surface area contributed by atoms with Gasteiger partial charge in [0.15, 0.2) is 6.04 Å². The Morgan fingerprint density at radius 2 is 2.20 bits per heavy atom. The molecule has 0 aliphatic heterocycles. The van der Waals surface area contributed by atoms with Gasteiger partial charge in [0.1, 0.15) is 0 Å². The highest BCUT2D eigenvalue weighted by molar-refractivity contribution is 7.10. The molecule has 0 fully saturated rings. The first-order chi connectivity index (χ1) is 9.58. The first kappa shape index (κ1) is 14.0. The van der Waals surface area contributed by atoms with Crippen molar-refractivity contribution in [3.05, 3.63) is 46.4 Å². The van der Waals surface area contributed by atoms with Crippen LogP contribution in [0.25, 0.3) is 0 Å². The summed E-state index contributed by atoms with van der Waals surface area (Å²) in [5.41, 5.74) is 1.39. The molecule has 2 rings (SSSR count). The maximum absolute atomic E-state index is 11.9. The second-order valence-electron chi connectivity index (χ2n) is 4.08. The fourth-order valence-electron chi connectivity index (χ4n) is 1.59. The molecular weight excluding hydrogens is 278 g/mol. The number of pyridine rings is 1. The first-order valence-electron chi connectivity index (χ1n) is 5.82. The normalized spacial score (nSPS) is 11.7. The lowest BCUT2D eigenvalue weighted by Crippen LogP contribution is -2.36. The van der Waals surface area contributed by atoms with Gasteiger partial charge in [0.2, 0.25) is 0 Å². The predicted molar refractivity (Wildman–Crippen MR) is 75.8 cm³/mol. The number of carboxylic acids is 1. The van der Waals surface area contributed by atoms with Crippen molar-refractivity contribution in [3.63, 3.8) is 0 Å². The summed E-state index contributed by atoms with van der Waals surface area (Å²) >= 11 is 1.28. The summed E-state index contributed by atoms with van der Waals surface area (Å²) in [6, 6.07) is 3.51. The third kappa shape index (κ3) is 3.33. The highest BCUT2D eigenvalue weighted by atomic mass is 32.1. The van der Waals surface area contributed by atoms with E-state index in [0.29, 0.717) is 10.6 Å². The number of nitrogens with one attached hydrogen (secondary N) is 2. The van der Waals surface area contributed by atoms with E-state index in [0.717, 1.165) is 5.56 Å². The van der Waals surface area contributed by atoms with Gasteiger partial charge in [-0.15, -0.1) is 11.3 Å². The Kier molecular flexibility index (Phi) is 4.31. The Bertz CT molecular complexity index is 613. The van der Waals surface area contributed by atoms with E-state index in [1.807, 2.05) is 6.92 Å². The van der Waals surface area contributed by atoms with Crippen LogP contribution in [-0.4, -0.2) is 22.1 Å². The van der Waals surface area contributed by atoms with Crippen molar-refractivity contribution in [2.45, 2.75) is 13.0 Å². The van der Waals surface area contributed by atoms with E-state index < -0.39 is 18.0 Å². The van der Waals surface area contributed by atoms with E-state index in [2.05, 4.69) is 15.6 Å². The molecule has 0 aliphatic rings. The summed E-state index contributed by atoms with van der Waals surface area (Å²) in [7, 11) is 0. The molecule has 2 aromatic rings. The van der Waals surface area contributed by atoms with Crippen LogP contribution in [0.5, 0.6) is 0 Å². The number of hydrogen-bond acceptors (Lipinski definition) is 4. The van der Waals surface area contributed by atoms with Crippen molar-refractivity contribution in [1.82, 2.24) is 10.3 Å². The summed E-state index contributed by atoms with van der Waals surface area (Å²) in [6.07, 6.45) is 3.12. The lowest BCUT2D eigenvalue weighted by molar-refractivity contribution is -0.139. The smallest absolute Gasteiger partial charge is 0.331 e. The molecule has 0 spiro atoms. The number of aromatic nitrogens is 1. The van der Waals surface area contributed by atoms with Crippen LogP contribution >= 0.6 is 11.3 Å². The molecule has 0 aliphatic carbocycles. The number of urea groups is 1. The largest absolute Gasteiger partial charge is 0.479 e. The number of amides is 2. The average Bonchev–Trinajstić information content (AvgIpc) is 2.92. The molecule has 2 amide bonds. The SMILES string of the molecule is Cc1ccncc1NC(=O)NC(C(=O)O)c1cccs1. The monoisotopic (exact) mass is 291 g/mol. The fourth-order valence-corrected chi connectivity index (χ4v) is 2.36. The predicted octanol–water partition coefficient (Wildman–Crippen LogP) is 2.40. The maximum Gasteiger partial charge on any atom is 0.331 e. The van der Waals surface area contributed by atoms with Crippen LogP contribution in [-0.2, 0) is 4.79 Å². The van der Waals surface area contributed by atoms with Gasteiger partial charge in [0.25, 0.3) is 0 Å². The Balaban J connectivity index is 2.06. The van der Waals surface area contributed by atoms with Crippen molar-refractivity contribution >= 4 is 29.0 Å². The van der Waals surface area contributed by atoms with Crippen LogP contribution in [0.15, 0.2) is 36.0 Å². The van der Waals surface area contributed by atoms with Gasteiger partial charge in [-0.1, -0.05) is 6.07 Å². The summed E-state index contributed by atoms with van der Waals surface area (Å²) in [5, 5.41) is 15.9. The summed E-state index contributed by atoms with van der Waals surface area (Å²) in [6.45, 7) is 1.82. The molecule has 3 N–H and O–H groups in total. The lowest BCUT2D eigenvalue weighted by atomic mass is 10.2. The van der Waals surface area contributed by atoms with Gasteiger partial charge in [-0.2, -0.15) is 0 Å². The second-order valence-corrected chi connectivity index (χ2v) is 5.06. The molecule has 7 heteroatoms. The standard InChI is InChI=1S/C13H13N3O3S/c1-8-4-5-14-7-9(8)15-13(19)16-11(12(17)18)10-3-2-6-20-10/h2-7,11H,1H3,(H,17,18)(H2,15,16,19). The minimum absolute atomic E-state index is 0.542. The number of thiophene rings is 1. The Morgan fingerprint density at radius 1 is 1.40 bits per heavy atom. The van der Waals surface area contributed by atoms with Crippen molar-refractivity contribution < 1.29 is 14.7 Å². The van der Waals surface area contributed by atoms with Crippen LogP contribution in [0, 0.1) is 6.92 Å². The molecule has 1 atom stereocenters. The molecule has 2 heterocycles. The number of aliphatic carboxylic acids is 1. The molecule has 2 aromatic heterocycles. The van der Waals surface area contributed by atoms with E-state index in [9.17, 15) is 9.59 Å². The summed E-state index contributed by atoms with van der Waals surface area (Å²) in [4.78, 5) is 27.5. The van der Waals surface area contributed by atoms with Gasteiger partial charge < -0.3 is 15.7 Å². The van der Waals surface area contributed by atoms with Gasteiger partial charge >= 0.3 is 12.0 Å². The highest BCUT2D eigenvalue weighted by Gasteiger charge is 2.23. The van der Waals surface area contributed by atoms with Gasteiger partial charge in [0.05, 0.1) is 11.9 Å². The molecule has 0 bridgehead atoms. The van der Waals surface area contributed by atoms with Crippen molar-refractivity contribution in [2.24, 2.45) is 0 Å². The number of rotatable bonds is 4. The number of carboxylic acid groups (broad SMARTS) is 1. The van der Waals surface area contributed by atoms with E-state index in [1.165, 1.54) is 17.5 Å². The van der Waals surface area contributed by atoms with Gasteiger partial charge in [-0.05, 0) is 30.0 Å². The fraction of sp³-hybridized carbons (Fsp3) is 0.154. The summed E-state index contributed by atoms with van der Waals surface area (Å²) < 4.78 is 0. The molecule has 0 radical (unpaired) electrons. The molecule has 104 valence electrons. The number of nitrogens with zero attached hydrogens (tertiary/aromatic N) is 1. The van der Waals surface area contributed by atoms with Crippen LogP contribution in [0.1, 0.15) is 16.5 Å². The third-order valence-corrected chi connectivity index (χ3v) is 3.57. The molecular formula is C13H13N3O3S. The molecule has 0 saturated heterocycles. The zero-order chi connectivity index (χ0) is 14.5.